The molecule has 31 heavy (non-hydrogen) atoms. The molecule has 0 aromatic heterocycles. The lowest BCUT2D eigenvalue weighted by Gasteiger charge is -2.44. The zero-order valence-corrected chi connectivity index (χ0v) is 17.6. The Kier molecular flexibility index (Phi) is 4.13. The lowest BCUT2D eigenvalue weighted by Crippen LogP contribution is -2.66. The lowest BCUT2D eigenvalue weighted by atomic mass is 9.60. The fraction of sp³-hybridized carbons (Fsp3) is 0.320. The van der Waals surface area contributed by atoms with Crippen LogP contribution in [-0.4, -0.2) is 40.7 Å². The summed E-state index contributed by atoms with van der Waals surface area (Å²) in [6.45, 7) is 8.23. The zero-order chi connectivity index (χ0) is 22.0. The fourth-order valence-corrected chi connectivity index (χ4v) is 5.57. The number of Topliss-reactive ketones (excluding diaryl/α,β-unsaturated/α-hetero) is 1. The molecule has 0 bridgehead atoms. The van der Waals surface area contributed by atoms with Crippen molar-refractivity contribution < 1.29 is 14.4 Å². The van der Waals surface area contributed by atoms with E-state index in [0.717, 1.165) is 11.3 Å². The van der Waals surface area contributed by atoms with Crippen molar-refractivity contribution in [2.45, 2.75) is 43.9 Å². The molecular weight excluding hydrogens is 390 g/mol. The van der Waals surface area contributed by atoms with Crippen LogP contribution in [0.3, 0.4) is 0 Å². The van der Waals surface area contributed by atoms with Crippen molar-refractivity contribution in [3.05, 3.63) is 78.4 Å². The Hall–Kier alpha value is -3.41. The number of para-hydroxylation sites is 1. The summed E-state index contributed by atoms with van der Waals surface area (Å²) in [5, 5.41) is 6.20. The molecular formula is C25H25N3O3. The molecule has 2 fully saturated rings. The van der Waals surface area contributed by atoms with Gasteiger partial charge in [-0.15, -0.1) is 6.58 Å². The van der Waals surface area contributed by atoms with Gasteiger partial charge in [-0.2, -0.15) is 0 Å². The van der Waals surface area contributed by atoms with Crippen molar-refractivity contribution in [2.24, 2.45) is 5.41 Å². The summed E-state index contributed by atoms with van der Waals surface area (Å²) in [7, 11) is 0. The Bertz CT molecular complexity index is 1110. The molecule has 3 aliphatic rings. The average Bonchev–Trinajstić information content (AvgIpc) is 3.30. The number of nitrogens with zero attached hydrogens (tertiary/aromatic N) is 1. The van der Waals surface area contributed by atoms with Gasteiger partial charge in [-0.3, -0.25) is 14.4 Å². The summed E-state index contributed by atoms with van der Waals surface area (Å²) in [5.74, 6) is -1.05. The highest BCUT2D eigenvalue weighted by Gasteiger charge is 2.67. The van der Waals surface area contributed by atoms with Crippen molar-refractivity contribution in [2.75, 3.05) is 5.32 Å². The normalized spacial score (nSPS) is 28.8. The summed E-state index contributed by atoms with van der Waals surface area (Å²) in [6, 6.07) is 14.7. The van der Waals surface area contributed by atoms with Gasteiger partial charge in [-0.25, -0.2) is 0 Å². The van der Waals surface area contributed by atoms with Gasteiger partial charge in [0.25, 0.3) is 5.91 Å². The SMILES string of the molecule is C=CC(C)(C)[C@@]12C[C@H]3C(=O)N[C@H](C(=O)c4ccccc4)C(=O)N3[C@@H]1Nc1ccccc12. The first-order chi connectivity index (χ1) is 14.8. The van der Waals surface area contributed by atoms with Gasteiger partial charge in [0.1, 0.15) is 12.2 Å². The fourth-order valence-electron chi connectivity index (χ4n) is 5.57. The van der Waals surface area contributed by atoms with Crippen molar-refractivity contribution in [3.8, 4) is 0 Å². The number of nitrogens with one attached hydrogen (secondary N) is 2. The number of anilines is 1. The van der Waals surface area contributed by atoms with E-state index in [0.29, 0.717) is 12.0 Å². The molecule has 2 saturated heterocycles. The molecule has 5 rings (SSSR count). The Labute approximate surface area is 181 Å². The predicted octanol–water partition coefficient (Wildman–Crippen LogP) is 2.87. The van der Waals surface area contributed by atoms with E-state index >= 15 is 0 Å². The number of benzene rings is 2. The van der Waals surface area contributed by atoms with E-state index < -0.39 is 34.9 Å². The second-order valence-corrected chi connectivity index (χ2v) is 9.13. The van der Waals surface area contributed by atoms with E-state index in [1.165, 1.54) is 0 Å². The van der Waals surface area contributed by atoms with Gasteiger partial charge < -0.3 is 15.5 Å². The van der Waals surface area contributed by atoms with E-state index in [1.807, 2.05) is 24.3 Å². The van der Waals surface area contributed by atoms with Crippen LogP contribution >= 0.6 is 0 Å². The summed E-state index contributed by atoms with van der Waals surface area (Å²) >= 11 is 0. The molecule has 3 aliphatic heterocycles. The smallest absolute Gasteiger partial charge is 0.255 e. The number of rotatable bonds is 4. The highest BCUT2D eigenvalue weighted by atomic mass is 16.2. The largest absolute Gasteiger partial charge is 0.364 e. The number of carbonyl (C=O) groups is 3. The van der Waals surface area contributed by atoms with Crippen LogP contribution in [0.25, 0.3) is 0 Å². The molecule has 4 atom stereocenters. The van der Waals surface area contributed by atoms with Crippen LogP contribution in [0.2, 0.25) is 0 Å². The molecule has 2 aromatic carbocycles. The van der Waals surface area contributed by atoms with Gasteiger partial charge in [0, 0.05) is 16.7 Å². The van der Waals surface area contributed by atoms with E-state index in [9.17, 15) is 14.4 Å². The number of amides is 2. The monoisotopic (exact) mass is 415 g/mol. The highest BCUT2D eigenvalue weighted by Crippen LogP contribution is 2.60. The summed E-state index contributed by atoms with van der Waals surface area (Å²) < 4.78 is 0. The van der Waals surface area contributed by atoms with Gasteiger partial charge in [-0.1, -0.05) is 68.5 Å². The van der Waals surface area contributed by atoms with Crippen LogP contribution in [0.15, 0.2) is 67.3 Å². The number of carbonyl (C=O) groups excluding carboxylic acids is 3. The van der Waals surface area contributed by atoms with Crippen molar-refractivity contribution in [1.82, 2.24) is 10.2 Å². The van der Waals surface area contributed by atoms with Crippen molar-refractivity contribution >= 4 is 23.3 Å². The minimum Gasteiger partial charge on any atom is -0.364 e. The van der Waals surface area contributed by atoms with Gasteiger partial charge in [-0.05, 0) is 23.5 Å². The number of ketones is 1. The van der Waals surface area contributed by atoms with Crippen LogP contribution in [0.1, 0.15) is 36.2 Å². The Morgan fingerprint density at radius 3 is 2.48 bits per heavy atom. The van der Waals surface area contributed by atoms with E-state index in [4.69, 9.17) is 0 Å². The summed E-state index contributed by atoms with van der Waals surface area (Å²) in [4.78, 5) is 41.5. The molecule has 0 spiro atoms. The molecule has 6 nitrogen and oxygen atoms in total. The number of allylic oxidation sites excluding steroid dienone is 1. The standard InChI is InChI=1S/C25H25N3O3/c1-4-24(2,3)25-14-18-21(30)27-19(20(29)15-10-6-5-7-11-15)22(31)28(18)23(25)26-17-13-9-8-12-16(17)25/h4-13,18-19,23,26H,1,14H2,2-3H3,(H,27,30)/t18-,19+,23-,25+/m0/s1. The first-order valence-electron chi connectivity index (χ1n) is 10.5. The van der Waals surface area contributed by atoms with Crippen molar-refractivity contribution in [3.63, 3.8) is 0 Å². The number of fused-ring (bicyclic) bond motifs is 5. The quantitative estimate of drug-likeness (QED) is 0.457. The molecule has 3 heterocycles. The Morgan fingerprint density at radius 2 is 1.77 bits per heavy atom. The lowest BCUT2D eigenvalue weighted by molar-refractivity contribution is -0.147. The number of hydrogen-bond donors (Lipinski definition) is 2. The third-order valence-electron chi connectivity index (χ3n) is 7.37. The van der Waals surface area contributed by atoms with Crippen LogP contribution in [0.4, 0.5) is 5.69 Å². The van der Waals surface area contributed by atoms with E-state index in [2.05, 4.69) is 37.1 Å². The van der Waals surface area contributed by atoms with E-state index in [1.54, 1.807) is 35.2 Å². The second kappa shape index (κ2) is 6.54. The van der Waals surface area contributed by atoms with Crippen molar-refractivity contribution in [1.29, 1.82) is 0 Å². The van der Waals surface area contributed by atoms with Gasteiger partial charge in [0.15, 0.2) is 11.8 Å². The molecule has 2 amide bonds. The first kappa shape index (κ1) is 19.5. The molecule has 0 radical (unpaired) electrons. The second-order valence-electron chi connectivity index (χ2n) is 9.13. The van der Waals surface area contributed by atoms with E-state index in [-0.39, 0.29) is 11.8 Å². The minimum absolute atomic E-state index is 0.290. The minimum atomic E-state index is -1.22. The summed E-state index contributed by atoms with van der Waals surface area (Å²) in [6.07, 6.45) is 1.93. The zero-order valence-electron chi connectivity index (χ0n) is 17.6. The Balaban J connectivity index is 1.60. The molecule has 0 unspecified atom stereocenters. The first-order valence-corrected chi connectivity index (χ1v) is 10.5. The maximum Gasteiger partial charge on any atom is 0.255 e. The molecule has 0 saturated carbocycles. The maximum absolute atomic E-state index is 13.6. The molecule has 2 aromatic rings. The van der Waals surface area contributed by atoms with Crippen LogP contribution in [0.5, 0.6) is 0 Å². The number of hydrogen-bond acceptors (Lipinski definition) is 4. The topological polar surface area (TPSA) is 78.5 Å². The molecule has 158 valence electrons. The number of piperazine rings is 1. The predicted molar refractivity (Wildman–Crippen MR) is 117 cm³/mol. The maximum atomic E-state index is 13.6. The molecule has 2 N–H and O–H groups in total. The van der Waals surface area contributed by atoms with Gasteiger partial charge in [0.2, 0.25) is 5.91 Å². The Morgan fingerprint density at radius 1 is 1.10 bits per heavy atom. The van der Waals surface area contributed by atoms with Crippen LogP contribution < -0.4 is 10.6 Å². The van der Waals surface area contributed by atoms with Gasteiger partial charge in [0.05, 0.1) is 0 Å². The van der Waals surface area contributed by atoms with Crippen LogP contribution in [-0.2, 0) is 15.0 Å². The molecule has 0 aliphatic carbocycles. The molecule has 6 heteroatoms. The third-order valence-corrected chi connectivity index (χ3v) is 7.37. The van der Waals surface area contributed by atoms with Gasteiger partial charge >= 0.3 is 0 Å². The third kappa shape index (κ3) is 2.48. The average molecular weight is 415 g/mol. The summed E-state index contributed by atoms with van der Waals surface area (Å²) in [5.41, 5.74) is 1.48. The van der Waals surface area contributed by atoms with Crippen LogP contribution in [0, 0.1) is 5.41 Å². The highest BCUT2D eigenvalue weighted by molar-refractivity contribution is 6.17.